The van der Waals surface area contributed by atoms with Crippen LogP contribution in [0.2, 0.25) is 0 Å². The van der Waals surface area contributed by atoms with Crippen molar-refractivity contribution in [2.45, 2.75) is 18.6 Å². The van der Waals surface area contributed by atoms with Crippen molar-refractivity contribution >= 4 is 17.7 Å². The summed E-state index contributed by atoms with van der Waals surface area (Å²) in [6.45, 7) is 0.501. The number of amides is 3. The van der Waals surface area contributed by atoms with Gasteiger partial charge in [0, 0.05) is 13.1 Å². The van der Waals surface area contributed by atoms with Gasteiger partial charge in [0.2, 0.25) is 17.7 Å². The molecule has 1 N–H and O–H groups in total. The van der Waals surface area contributed by atoms with Crippen molar-refractivity contribution in [3.63, 3.8) is 0 Å². The molecule has 2 aliphatic heterocycles. The molecule has 2 saturated heterocycles. The lowest BCUT2D eigenvalue weighted by Gasteiger charge is -2.42. The highest BCUT2D eigenvalue weighted by atomic mass is 19.4. The average molecular weight is 355 g/mol. The van der Waals surface area contributed by atoms with Gasteiger partial charge in [-0.15, -0.1) is 0 Å². The molecule has 0 saturated carbocycles. The maximum absolute atomic E-state index is 12.7. The number of rotatable bonds is 2. The van der Waals surface area contributed by atoms with Gasteiger partial charge in [0.25, 0.3) is 0 Å². The molecule has 2 aliphatic rings. The zero-order valence-corrected chi connectivity index (χ0v) is 13.2. The Labute approximate surface area is 141 Å². The Morgan fingerprint density at radius 3 is 2.72 bits per heavy atom. The molecule has 6 nitrogen and oxygen atoms in total. The molecule has 3 rings (SSSR count). The van der Waals surface area contributed by atoms with E-state index >= 15 is 0 Å². The van der Waals surface area contributed by atoms with Gasteiger partial charge in [-0.2, -0.15) is 13.2 Å². The molecule has 0 radical (unpaired) electrons. The highest BCUT2D eigenvalue weighted by molar-refractivity contribution is 5.95. The van der Waals surface area contributed by atoms with Crippen molar-refractivity contribution in [3.8, 4) is 0 Å². The van der Waals surface area contributed by atoms with Crippen LogP contribution in [0.25, 0.3) is 0 Å². The van der Waals surface area contributed by atoms with E-state index in [4.69, 9.17) is 0 Å². The first-order valence-electron chi connectivity index (χ1n) is 7.77. The number of hydrogen-bond donors (Lipinski definition) is 1. The number of carbonyl (C=O) groups is 3. The van der Waals surface area contributed by atoms with E-state index < -0.39 is 17.8 Å². The minimum Gasteiger partial charge on any atom is -0.345 e. The zero-order valence-electron chi connectivity index (χ0n) is 13.2. The largest absolute Gasteiger partial charge is 0.416 e. The fourth-order valence-electron chi connectivity index (χ4n) is 3.06. The predicted octanol–water partition coefficient (Wildman–Crippen LogP) is 0.417. The second-order valence-electron chi connectivity index (χ2n) is 6.04. The van der Waals surface area contributed by atoms with Crippen LogP contribution < -0.4 is 5.32 Å². The fraction of sp³-hybridized carbons (Fsp3) is 0.438. The Bertz CT molecular complexity index is 720. The van der Waals surface area contributed by atoms with E-state index in [2.05, 4.69) is 5.32 Å². The van der Waals surface area contributed by atoms with Crippen molar-refractivity contribution in [2.75, 3.05) is 26.2 Å². The molecule has 0 unspecified atom stereocenters. The molecular weight excluding hydrogens is 339 g/mol. The second-order valence-corrected chi connectivity index (χ2v) is 6.04. The molecular formula is C16H16F3N3O3. The highest BCUT2D eigenvalue weighted by Crippen LogP contribution is 2.29. The van der Waals surface area contributed by atoms with Gasteiger partial charge in [0.15, 0.2) is 0 Å². The predicted molar refractivity (Wildman–Crippen MR) is 80.2 cm³/mol. The topological polar surface area (TPSA) is 69.7 Å². The van der Waals surface area contributed by atoms with Gasteiger partial charge in [0.05, 0.1) is 25.1 Å². The molecule has 2 fully saturated rings. The summed E-state index contributed by atoms with van der Waals surface area (Å²) in [5, 5.41) is 2.47. The molecule has 1 aromatic rings. The van der Waals surface area contributed by atoms with E-state index in [0.29, 0.717) is 0 Å². The Morgan fingerprint density at radius 1 is 1.24 bits per heavy atom. The van der Waals surface area contributed by atoms with Crippen molar-refractivity contribution < 1.29 is 27.6 Å². The van der Waals surface area contributed by atoms with Gasteiger partial charge in [-0.3, -0.25) is 14.4 Å². The number of alkyl halides is 3. The number of fused-ring (bicyclic) bond motifs is 1. The first-order valence-corrected chi connectivity index (χ1v) is 7.77. The summed E-state index contributed by atoms with van der Waals surface area (Å²) in [4.78, 5) is 38.9. The molecule has 0 bridgehead atoms. The summed E-state index contributed by atoms with van der Waals surface area (Å²) < 4.78 is 38.2. The van der Waals surface area contributed by atoms with Crippen LogP contribution in [0.4, 0.5) is 13.2 Å². The first-order chi connectivity index (χ1) is 11.8. The van der Waals surface area contributed by atoms with E-state index in [1.54, 1.807) is 0 Å². The van der Waals surface area contributed by atoms with Gasteiger partial charge in [-0.05, 0) is 11.6 Å². The van der Waals surface area contributed by atoms with Gasteiger partial charge in [0.1, 0.15) is 6.04 Å². The number of piperazine rings is 2. The molecule has 0 spiro atoms. The third kappa shape index (κ3) is 3.59. The number of nitrogens with zero attached hydrogens (tertiary/aromatic N) is 2. The van der Waals surface area contributed by atoms with Gasteiger partial charge in [-0.1, -0.05) is 18.2 Å². The summed E-state index contributed by atoms with van der Waals surface area (Å²) in [5.74, 6) is -0.893. The number of hydrogen-bond acceptors (Lipinski definition) is 3. The lowest BCUT2D eigenvalue weighted by atomic mass is 10.0. The van der Waals surface area contributed by atoms with Crippen molar-refractivity contribution in [2.24, 2.45) is 0 Å². The Balaban J connectivity index is 1.68. The van der Waals surface area contributed by atoms with E-state index in [-0.39, 0.29) is 55.9 Å². The Kier molecular flexibility index (Phi) is 4.40. The van der Waals surface area contributed by atoms with E-state index in [9.17, 15) is 27.6 Å². The summed E-state index contributed by atoms with van der Waals surface area (Å²) >= 11 is 0. The monoisotopic (exact) mass is 355 g/mol. The summed E-state index contributed by atoms with van der Waals surface area (Å²) in [5.41, 5.74) is -0.550. The van der Waals surface area contributed by atoms with Crippen LogP contribution in [0, 0.1) is 0 Å². The van der Waals surface area contributed by atoms with Gasteiger partial charge in [-0.25, -0.2) is 0 Å². The summed E-state index contributed by atoms with van der Waals surface area (Å²) in [7, 11) is 0. The van der Waals surface area contributed by atoms with E-state index in [1.165, 1.54) is 21.9 Å². The third-order valence-electron chi connectivity index (χ3n) is 4.38. The standard InChI is InChI=1S/C16H16F3N3O3/c17-16(18,19)11-3-1-2-10(6-11)7-13(23)21-4-5-22-12(9-21)15(25)20-8-14(22)24/h1-3,6,12H,4-5,7-9H2,(H,20,25)/t12-/m1/s1. The number of benzene rings is 1. The summed E-state index contributed by atoms with van der Waals surface area (Å²) in [6.07, 6.45) is -4.66. The number of carbonyl (C=O) groups excluding carboxylic acids is 3. The molecule has 9 heteroatoms. The van der Waals surface area contributed by atoms with Crippen LogP contribution in [-0.4, -0.2) is 59.7 Å². The lowest BCUT2D eigenvalue weighted by Crippen LogP contribution is -2.66. The normalized spacial score (nSPS) is 21.0. The maximum atomic E-state index is 12.7. The van der Waals surface area contributed by atoms with Crippen LogP contribution in [0.5, 0.6) is 0 Å². The molecule has 2 heterocycles. The quantitative estimate of drug-likeness (QED) is 0.836. The van der Waals surface area contributed by atoms with E-state index in [0.717, 1.165) is 12.1 Å². The van der Waals surface area contributed by atoms with Crippen LogP contribution in [0.15, 0.2) is 24.3 Å². The average Bonchev–Trinajstić information content (AvgIpc) is 2.57. The highest BCUT2D eigenvalue weighted by Gasteiger charge is 2.39. The van der Waals surface area contributed by atoms with Crippen LogP contribution >= 0.6 is 0 Å². The molecule has 0 aromatic heterocycles. The Morgan fingerprint density at radius 2 is 2.00 bits per heavy atom. The minimum absolute atomic E-state index is 0.0481. The van der Waals surface area contributed by atoms with Crippen LogP contribution in [0.3, 0.4) is 0 Å². The van der Waals surface area contributed by atoms with Crippen molar-refractivity contribution in [1.82, 2.24) is 15.1 Å². The van der Waals surface area contributed by atoms with Crippen LogP contribution in [-0.2, 0) is 27.0 Å². The third-order valence-corrected chi connectivity index (χ3v) is 4.38. The fourth-order valence-corrected chi connectivity index (χ4v) is 3.06. The number of halogens is 3. The van der Waals surface area contributed by atoms with E-state index in [1.807, 2.05) is 0 Å². The molecule has 134 valence electrons. The minimum atomic E-state index is -4.47. The molecule has 1 atom stereocenters. The molecule has 1 aromatic carbocycles. The van der Waals surface area contributed by atoms with Crippen molar-refractivity contribution in [3.05, 3.63) is 35.4 Å². The SMILES string of the molecule is O=C1NCC(=O)N2CCN(C(=O)Cc3cccc(C(F)(F)F)c3)C[C@H]12. The molecule has 3 amide bonds. The molecule has 25 heavy (non-hydrogen) atoms. The van der Waals surface area contributed by atoms with Gasteiger partial charge >= 0.3 is 6.18 Å². The van der Waals surface area contributed by atoms with Crippen LogP contribution in [0.1, 0.15) is 11.1 Å². The Hall–Kier alpha value is -2.58. The number of nitrogens with one attached hydrogen (secondary N) is 1. The second kappa shape index (κ2) is 6.38. The maximum Gasteiger partial charge on any atom is 0.416 e. The lowest BCUT2D eigenvalue weighted by molar-refractivity contribution is -0.152. The zero-order chi connectivity index (χ0) is 18.2. The van der Waals surface area contributed by atoms with Crippen molar-refractivity contribution in [1.29, 1.82) is 0 Å². The first kappa shape index (κ1) is 17.2. The smallest absolute Gasteiger partial charge is 0.345 e. The molecule has 0 aliphatic carbocycles. The summed E-state index contributed by atoms with van der Waals surface area (Å²) in [6, 6.07) is 3.88. The van der Waals surface area contributed by atoms with Gasteiger partial charge < -0.3 is 15.1 Å².